The van der Waals surface area contributed by atoms with Gasteiger partial charge in [0.25, 0.3) is 0 Å². The topological polar surface area (TPSA) is 87.0 Å². The molecule has 0 aromatic carbocycles. The Balaban J connectivity index is 2.28. The number of unbranched alkanes of at least 4 members (excludes halogenated alkanes) is 4. The van der Waals surface area contributed by atoms with Crippen LogP contribution in [0.2, 0.25) is 0 Å². The van der Waals surface area contributed by atoms with E-state index in [1.165, 1.54) is 7.11 Å². The van der Waals surface area contributed by atoms with E-state index < -0.39 is 18.3 Å². The Hall–Kier alpha value is -0.910. The van der Waals surface area contributed by atoms with E-state index in [1.54, 1.807) is 6.08 Å². The van der Waals surface area contributed by atoms with Crippen LogP contribution in [0.3, 0.4) is 0 Å². The molecule has 0 heterocycles. The van der Waals surface area contributed by atoms with Crippen molar-refractivity contribution in [2.45, 2.75) is 83.0 Å². The standard InChI is InChI=1S/C19H34O5/c1-3-14(20)11-12-16-15(17(21)13-18(16)22)9-7-5-4-6-8-10-19(23)24-2/h11-12,14-18,20-22H,3-10,13H2,1-2H3/b12-11+/t14-,15-,16+,17-,18+/m1/s1. The zero-order chi connectivity index (χ0) is 17.9. The van der Waals surface area contributed by atoms with Gasteiger partial charge in [0.1, 0.15) is 0 Å². The Morgan fingerprint density at radius 3 is 2.50 bits per heavy atom. The summed E-state index contributed by atoms with van der Waals surface area (Å²) in [7, 11) is 1.41. The molecule has 24 heavy (non-hydrogen) atoms. The van der Waals surface area contributed by atoms with Crippen molar-refractivity contribution in [3.05, 3.63) is 12.2 Å². The highest BCUT2D eigenvalue weighted by Gasteiger charge is 2.39. The molecular weight excluding hydrogens is 308 g/mol. The van der Waals surface area contributed by atoms with Crippen molar-refractivity contribution in [2.75, 3.05) is 7.11 Å². The molecule has 1 rings (SSSR count). The Morgan fingerprint density at radius 2 is 1.83 bits per heavy atom. The summed E-state index contributed by atoms with van der Waals surface area (Å²) in [4.78, 5) is 11.0. The van der Waals surface area contributed by atoms with Crippen LogP contribution in [0.15, 0.2) is 12.2 Å². The SMILES string of the molecule is CC[C@@H](O)/C=C/[C@H]1[C@@H](CCCCCCCC(=O)OC)[C@H](O)C[C@@H]1O. The number of carbonyl (C=O) groups is 1. The average Bonchev–Trinajstić information content (AvgIpc) is 2.84. The van der Waals surface area contributed by atoms with Gasteiger partial charge in [-0.2, -0.15) is 0 Å². The fourth-order valence-electron chi connectivity index (χ4n) is 3.45. The summed E-state index contributed by atoms with van der Waals surface area (Å²) in [6, 6.07) is 0. The minimum atomic E-state index is -0.523. The van der Waals surface area contributed by atoms with Gasteiger partial charge in [0, 0.05) is 18.8 Å². The van der Waals surface area contributed by atoms with E-state index >= 15 is 0 Å². The van der Waals surface area contributed by atoms with Crippen molar-refractivity contribution in [3.63, 3.8) is 0 Å². The summed E-state index contributed by atoms with van der Waals surface area (Å²) in [5.74, 6) is -0.155. The lowest BCUT2D eigenvalue weighted by Crippen LogP contribution is -2.21. The number of carbonyl (C=O) groups excluding carboxylic acids is 1. The first-order valence-corrected chi connectivity index (χ1v) is 9.28. The van der Waals surface area contributed by atoms with Gasteiger partial charge in [-0.25, -0.2) is 0 Å². The van der Waals surface area contributed by atoms with Gasteiger partial charge in [-0.3, -0.25) is 4.79 Å². The Kier molecular flexibility index (Phi) is 10.2. The van der Waals surface area contributed by atoms with Gasteiger partial charge in [-0.15, -0.1) is 0 Å². The van der Waals surface area contributed by atoms with Crippen LogP contribution in [0.1, 0.15) is 64.7 Å². The first-order valence-electron chi connectivity index (χ1n) is 9.28. The number of methoxy groups -OCH3 is 1. The number of hydrogen-bond donors (Lipinski definition) is 3. The second-order valence-corrected chi connectivity index (χ2v) is 6.85. The van der Waals surface area contributed by atoms with E-state index in [0.717, 1.165) is 38.5 Å². The van der Waals surface area contributed by atoms with Gasteiger partial charge in [0.15, 0.2) is 0 Å². The van der Waals surface area contributed by atoms with Crippen LogP contribution in [0.5, 0.6) is 0 Å². The minimum Gasteiger partial charge on any atom is -0.469 e. The molecule has 0 bridgehead atoms. The van der Waals surface area contributed by atoms with E-state index in [-0.39, 0.29) is 17.8 Å². The fourth-order valence-corrected chi connectivity index (χ4v) is 3.45. The molecule has 0 amide bonds. The largest absolute Gasteiger partial charge is 0.469 e. The molecule has 1 aliphatic carbocycles. The van der Waals surface area contributed by atoms with Gasteiger partial charge in [0.05, 0.1) is 25.4 Å². The molecule has 0 saturated heterocycles. The van der Waals surface area contributed by atoms with E-state index in [4.69, 9.17) is 0 Å². The predicted octanol–water partition coefficient (Wildman–Crippen LogP) is 2.58. The lowest BCUT2D eigenvalue weighted by Gasteiger charge is -2.21. The first kappa shape index (κ1) is 21.1. The van der Waals surface area contributed by atoms with Crippen LogP contribution < -0.4 is 0 Å². The minimum absolute atomic E-state index is 0.0652. The maximum absolute atomic E-state index is 11.0. The van der Waals surface area contributed by atoms with E-state index in [2.05, 4.69) is 4.74 Å². The van der Waals surface area contributed by atoms with Crippen molar-refractivity contribution < 1.29 is 24.9 Å². The highest BCUT2D eigenvalue weighted by Crippen LogP contribution is 2.37. The molecule has 5 atom stereocenters. The molecule has 0 radical (unpaired) electrons. The second-order valence-electron chi connectivity index (χ2n) is 6.85. The number of esters is 1. The van der Waals surface area contributed by atoms with Crippen LogP contribution in [0, 0.1) is 11.8 Å². The molecule has 1 aliphatic rings. The van der Waals surface area contributed by atoms with Crippen molar-refractivity contribution in [3.8, 4) is 0 Å². The molecule has 5 nitrogen and oxygen atoms in total. The summed E-state index contributed by atoms with van der Waals surface area (Å²) in [6.07, 6.45) is 9.60. The molecule has 0 aromatic rings. The molecule has 140 valence electrons. The number of aliphatic hydroxyl groups excluding tert-OH is 3. The Labute approximate surface area is 145 Å². The van der Waals surface area contributed by atoms with Gasteiger partial charge in [-0.05, 0) is 25.2 Å². The first-order chi connectivity index (χ1) is 11.5. The molecule has 5 heteroatoms. The number of ether oxygens (including phenoxy) is 1. The van der Waals surface area contributed by atoms with Crippen LogP contribution in [0.4, 0.5) is 0 Å². The van der Waals surface area contributed by atoms with Crippen LogP contribution in [-0.4, -0.2) is 46.7 Å². The molecule has 0 aromatic heterocycles. The molecule has 0 unspecified atom stereocenters. The van der Waals surface area contributed by atoms with Crippen LogP contribution >= 0.6 is 0 Å². The lowest BCUT2D eigenvalue weighted by atomic mass is 9.88. The van der Waals surface area contributed by atoms with Crippen LogP contribution in [0.25, 0.3) is 0 Å². The Bertz CT molecular complexity index is 382. The van der Waals surface area contributed by atoms with Gasteiger partial charge >= 0.3 is 5.97 Å². The fraction of sp³-hybridized carbons (Fsp3) is 0.842. The van der Waals surface area contributed by atoms with Crippen molar-refractivity contribution in [1.82, 2.24) is 0 Å². The predicted molar refractivity (Wildman–Crippen MR) is 93.4 cm³/mol. The van der Waals surface area contributed by atoms with Crippen LogP contribution in [-0.2, 0) is 9.53 Å². The normalized spacial score (nSPS) is 28.4. The molecule has 0 aliphatic heterocycles. The maximum atomic E-state index is 11.0. The summed E-state index contributed by atoms with van der Waals surface area (Å²) in [5, 5.41) is 29.9. The lowest BCUT2D eigenvalue weighted by molar-refractivity contribution is -0.140. The van der Waals surface area contributed by atoms with Crippen molar-refractivity contribution >= 4 is 5.97 Å². The van der Waals surface area contributed by atoms with Gasteiger partial charge in [0.2, 0.25) is 0 Å². The third-order valence-electron chi connectivity index (χ3n) is 5.04. The van der Waals surface area contributed by atoms with E-state index in [1.807, 2.05) is 13.0 Å². The molecule has 1 fully saturated rings. The summed E-state index contributed by atoms with van der Waals surface area (Å²) >= 11 is 0. The molecule has 3 N–H and O–H groups in total. The van der Waals surface area contributed by atoms with Gasteiger partial charge < -0.3 is 20.1 Å². The third-order valence-corrected chi connectivity index (χ3v) is 5.04. The second kappa shape index (κ2) is 11.6. The van der Waals surface area contributed by atoms with E-state index in [0.29, 0.717) is 19.3 Å². The third kappa shape index (κ3) is 7.32. The highest BCUT2D eigenvalue weighted by atomic mass is 16.5. The maximum Gasteiger partial charge on any atom is 0.305 e. The summed E-state index contributed by atoms with van der Waals surface area (Å²) < 4.78 is 4.61. The van der Waals surface area contributed by atoms with Crippen molar-refractivity contribution in [1.29, 1.82) is 0 Å². The Morgan fingerprint density at radius 1 is 1.17 bits per heavy atom. The highest BCUT2D eigenvalue weighted by molar-refractivity contribution is 5.68. The zero-order valence-electron chi connectivity index (χ0n) is 15.1. The van der Waals surface area contributed by atoms with E-state index in [9.17, 15) is 20.1 Å². The molecule has 1 saturated carbocycles. The van der Waals surface area contributed by atoms with Gasteiger partial charge in [-0.1, -0.05) is 44.8 Å². The smallest absolute Gasteiger partial charge is 0.305 e. The van der Waals surface area contributed by atoms with Crippen molar-refractivity contribution in [2.24, 2.45) is 11.8 Å². The molecular formula is C19H34O5. The number of aliphatic hydroxyl groups is 3. The number of hydrogen-bond acceptors (Lipinski definition) is 5. The number of rotatable bonds is 11. The molecule has 0 spiro atoms. The monoisotopic (exact) mass is 342 g/mol. The summed E-state index contributed by atoms with van der Waals surface area (Å²) in [5.41, 5.74) is 0. The summed E-state index contributed by atoms with van der Waals surface area (Å²) in [6.45, 7) is 1.91. The zero-order valence-corrected chi connectivity index (χ0v) is 15.1. The quantitative estimate of drug-likeness (QED) is 0.305. The average molecular weight is 342 g/mol.